The van der Waals surface area contributed by atoms with E-state index in [1.54, 1.807) is 6.07 Å². The summed E-state index contributed by atoms with van der Waals surface area (Å²) >= 11 is 0. The van der Waals surface area contributed by atoms with E-state index in [2.05, 4.69) is 62.6 Å². The first-order valence-electron chi connectivity index (χ1n) is 12.5. The molecule has 1 atom stereocenters. The number of aromatic hydroxyl groups is 1. The maximum Gasteiger partial charge on any atom is 0.268 e. The first-order valence-corrected chi connectivity index (χ1v) is 12.5. The van der Waals surface area contributed by atoms with Crippen molar-refractivity contribution < 1.29 is 30.7 Å². The molecule has 37 heavy (non-hydrogen) atoms. The van der Waals surface area contributed by atoms with Gasteiger partial charge in [0.05, 0.1) is 17.1 Å². The average Bonchev–Trinajstić information content (AvgIpc) is 3.51. The van der Waals surface area contributed by atoms with Crippen LogP contribution >= 0.6 is 0 Å². The van der Waals surface area contributed by atoms with Gasteiger partial charge in [0.1, 0.15) is 12.8 Å². The zero-order valence-electron chi connectivity index (χ0n) is 21.8. The van der Waals surface area contributed by atoms with E-state index in [0.29, 0.717) is 11.8 Å². The molecular formula is C31H32N4OPt. The van der Waals surface area contributed by atoms with E-state index in [1.807, 2.05) is 60.6 Å². The van der Waals surface area contributed by atoms with E-state index in [9.17, 15) is 5.11 Å². The summed E-state index contributed by atoms with van der Waals surface area (Å²) in [5.74, 6) is 1.87. The predicted molar refractivity (Wildman–Crippen MR) is 146 cm³/mol. The molecule has 0 fully saturated rings. The monoisotopic (exact) mass is 671 g/mol. The normalized spacial score (nSPS) is 15.1. The Bertz CT molecular complexity index is 1460. The molecule has 1 N–H and O–H groups in total. The maximum absolute atomic E-state index is 10.3. The van der Waals surface area contributed by atoms with Crippen molar-refractivity contribution in [1.29, 1.82) is 0 Å². The van der Waals surface area contributed by atoms with Crippen molar-refractivity contribution in [3.05, 3.63) is 101 Å². The van der Waals surface area contributed by atoms with Crippen molar-refractivity contribution >= 4 is 11.9 Å². The molecule has 5 nitrogen and oxygen atoms in total. The third kappa shape index (κ3) is 5.10. The van der Waals surface area contributed by atoms with Crippen LogP contribution in [0.1, 0.15) is 68.0 Å². The standard InChI is InChI=1S/C31H32N4O.Pt/c1-20(2)24-13-9-14-25(21(3)4)29(24)35-17-16-32-30(35)23-11-8-10-22(18-23)27-19-34(5)31(33-27)26-12-6-7-15-28(26)36;/h6-17,19-21,31,36H,1-5H3;. The van der Waals surface area contributed by atoms with Gasteiger partial charge in [0.25, 0.3) is 6.17 Å². The van der Waals surface area contributed by atoms with Crippen LogP contribution in [0.5, 0.6) is 5.75 Å². The van der Waals surface area contributed by atoms with Crippen LogP contribution in [0.4, 0.5) is 0 Å². The number of benzene rings is 3. The zero-order chi connectivity index (χ0) is 25.4. The molecule has 0 spiro atoms. The Labute approximate surface area is 233 Å². The fourth-order valence-corrected chi connectivity index (χ4v) is 4.88. The van der Waals surface area contributed by atoms with E-state index in [1.165, 1.54) is 16.8 Å². The van der Waals surface area contributed by atoms with E-state index >= 15 is 0 Å². The van der Waals surface area contributed by atoms with E-state index < -0.39 is 0 Å². The number of hydrogen-bond acceptors (Lipinski definition) is 3. The average molecular weight is 672 g/mol. The molecule has 1 unspecified atom stereocenters. The van der Waals surface area contributed by atoms with Gasteiger partial charge in [-0.1, -0.05) is 69.2 Å². The van der Waals surface area contributed by atoms with Crippen molar-refractivity contribution in [3.63, 3.8) is 0 Å². The van der Waals surface area contributed by atoms with Gasteiger partial charge in [0.15, 0.2) is 6.21 Å². The van der Waals surface area contributed by atoms with Crippen LogP contribution in [-0.4, -0.2) is 38.2 Å². The van der Waals surface area contributed by atoms with Gasteiger partial charge in [0, 0.05) is 39.1 Å². The largest absolute Gasteiger partial charge is 0.507 e. The van der Waals surface area contributed by atoms with E-state index in [-0.39, 0.29) is 33.0 Å². The summed E-state index contributed by atoms with van der Waals surface area (Å²) in [6.45, 7) is 8.94. The van der Waals surface area contributed by atoms with Gasteiger partial charge in [-0.25, -0.2) is 9.57 Å². The van der Waals surface area contributed by atoms with Crippen LogP contribution < -0.4 is 0 Å². The number of nitrogens with zero attached hydrogens (tertiary/aromatic N) is 4. The molecule has 192 valence electrons. The van der Waals surface area contributed by atoms with E-state index in [0.717, 1.165) is 28.2 Å². The number of aromatic nitrogens is 2. The molecule has 3 aromatic carbocycles. The van der Waals surface area contributed by atoms with Gasteiger partial charge in [-0.05, 0) is 35.1 Å². The van der Waals surface area contributed by atoms with Gasteiger partial charge in [0.2, 0.25) is 0 Å². The minimum atomic E-state index is -0.272. The fraction of sp³-hybridized carbons (Fsp3) is 0.258. The number of hydrogen-bond donors (Lipinski definition) is 1. The van der Waals surface area contributed by atoms with Crippen molar-refractivity contribution in [1.82, 2.24) is 9.55 Å². The van der Waals surface area contributed by atoms with Gasteiger partial charge in [-0.15, -0.1) is 24.3 Å². The summed E-state index contributed by atoms with van der Waals surface area (Å²) in [7, 11) is 1.97. The molecule has 4 aromatic rings. The first-order chi connectivity index (χ1) is 17.3. The predicted octanol–water partition coefficient (Wildman–Crippen LogP) is 6.50. The Morgan fingerprint density at radius 2 is 1.54 bits per heavy atom. The van der Waals surface area contributed by atoms with Gasteiger partial charge >= 0.3 is 0 Å². The number of para-hydroxylation sites is 2. The van der Waals surface area contributed by atoms with Crippen molar-refractivity contribution in [2.45, 2.75) is 45.7 Å². The molecule has 0 radical (unpaired) electrons. The molecule has 1 aliphatic rings. The fourth-order valence-electron chi connectivity index (χ4n) is 4.88. The molecule has 2 heterocycles. The number of phenolic OH excluding ortho intramolecular Hbond substituents is 1. The van der Waals surface area contributed by atoms with Gasteiger partial charge in [-0.3, -0.25) is 4.98 Å². The Morgan fingerprint density at radius 3 is 2.22 bits per heavy atom. The smallest absolute Gasteiger partial charge is 0.268 e. The third-order valence-electron chi connectivity index (χ3n) is 6.72. The summed E-state index contributed by atoms with van der Waals surface area (Å²) in [6, 6.07) is 23.6. The molecular weight excluding hydrogens is 639 g/mol. The Morgan fingerprint density at radius 1 is 0.892 bits per heavy atom. The number of phenols is 1. The summed E-state index contributed by atoms with van der Waals surface area (Å²) in [6.07, 6.45) is 5.64. The minimum absolute atomic E-state index is 0. The Hall–Kier alpha value is -3.30. The third-order valence-corrected chi connectivity index (χ3v) is 6.72. The topological polar surface area (TPSA) is 53.4 Å². The molecule has 0 bridgehead atoms. The van der Waals surface area contributed by atoms with Crippen LogP contribution in [0.25, 0.3) is 17.1 Å². The summed E-state index contributed by atoms with van der Waals surface area (Å²) in [4.78, 5) is 9.68. The molecule has 0 saturated carbocycles. The first kappa shape index (κ1) is 26.8. The van der Waals surface area contributed by atoms with Crippen LogP contribution in [-0.2, 0) is 21.1 Å². The molecule has 6 heteroatoms. The molecule has 0 saturated heterocycles. The van der Waals surface area contributed by atoms with Gasteiger partial charge in [-0.2, -0.15) is 0 Å². The Balaban J connectivity index is 0.00000320. The molecule has 0 aliphatic carbocycles. The maximum atomic E-state index is 10.3. The van der Waals surface area contributed by atoms with Crippen LogP contribution in [0, 0.1) is 6.07 Å². The van der Waals surface area contributed by atoms with Crippen LogP contribution in [0.2, 0.25) is 0 Å². The summed E-state index contributed by atoms with van der Waals surface area (Å²) in [5, 5.41) is 10.3. The minimum Gasteiger partial charge on any atom is -0.507 e. The quantitative estimate of drug-likeness (QED) is 0.188. The molecule has 5 rings (SSSR count). The van der Waals surface area contributed by atoms with Crippen LogP contribution in [0.3, 0.4) is 0 Å². The van der Waals surface area contributed by atoms with Crippen LogP contribution in [0.15, 0.2) is 78.0 Å². The van der Waals surface area contributed by atoms with Gasteiger partial charge < -0.3 is 9.67 Å². The van der Waals surface area contributed by atoms with Crippen molar-refractivity contribution in [3.8, 4) is 22.8 Å². The number of aliphatic imine (C=N–C) groups is 1. The Kier molecular flexibility index (Phi) is 7.94. The SMILES string of the molecule is CC(C)c1cccc(C(C)C)c1-n1ccnc1-c1[c-]c(C2=NC(c3ccccc3O)[N+](C)=C2)ccc1.[Pt]. The van der Waals surface area contributed by atoms with E-state index in [4.69, 9.17) is 9.98 Å². The number of imidazole rings is 1. The second kappa shape index (κ2) is 11.0. The molecule has 1 aromatic heterocycles. The number of rotatable bonds is 6. The van der Waals surface area contributed by atoms with Crippen molar-refractivity contribution in [2.75, 3.05) is 7.05 Å². The zero-order valence-corrected chi connectivity index (χ0v) is 24.1. The molecule has 1 aliphatic heterocycles. The summed E-state index contributed by atoms with van der Waals surface area (Å²) < 4.78 is 4.22. The van der Waals surface area contributed by atoms with Crippen molar-refractivity contribution in [2.24, 2.45) is 4.99 Å². The second-order valence-corrected chi connectivity index (χ2v) is 9.93. The molecule has 0 amide bonds. The summed E-state index contributed by atoms with van der Waals surface area (Å²) in [5.41, 5.74) is 7.23. The second-order valence-electron chi connectivity index (χ2n) is 9.93.